The van der Waals surface area contributed by atoms with Crippen LogP contribution in [-0.4, -0.2) is 24.7 Å². The van der Waals surface area contributed by atoms with E-state index in [4.69, 9.17) is 10.4 Å². The molecule has 4 nitrogen and oxygen atoms in total. The molecule has 1 aromatic carbocycles. The molecule has 0 aliphatic heterocycles. The number of rotatable bonds is 20. The minimum Gasteiger partial charge on any atom is -0.477 e. The molecule has 0 aliphatic rings. The van der Waals surface area contributed by atoms with Crippen molar-refractivity contribution in [1.29, 1.82) is 5.26 Å². The van der Waals surface area contributed by atoms with Crippen LogP contribution in [0.3, 0.4) is 0 Å². The van der Waals surface area contributed by atoms with Gasteiger partial charge in [-0.15, -0.1) is 0 Å². The highest BCUT2D eigenvalue weighted by Crippen LogP contribution is 2.18. The van der Waals surface area contributed by atoms with Crippen molar-refractivity contribution in [2.24, 2.45) is 0 Å². The summed E-state index contributed by atoms with van der Waals surface area (Å²) in [5.41, 5.74) is 4.10. The highest BCUT2D eigenvalue weighted by atomic mass is 16.4. The van der Waals surface area contributed by atoms with Gasteiger partial charge >= 0.3 is 5.97 Å². The molecule has 1 aromatic rings. The number of carboxylic acid groups (broad SMARTS) is 1. The van der Waals surface area contributed by atoms with E-state index in [2.05, 4.69) is 68.3 Å². The first-order chi connectivity index (χ1) is 18.9. The minimum atomic E-state index is -1.21. The Morgan fingerprint density at radius 1 is 0.897 bits per heavy atom. The summed E-state index contributed by atoms with van der Waals surface area (Å²) < 4.78 is 0. The molecule has 0 aliphatic carbocycles. The second-order valence-corrected chi connectivity index (χ2v) is 10.3. The minimum absolute atomic E-state index is 0.265. The second-order valence-electron chi connectivity index (χ2n) is 10.3. The number of aliphatic carboxylic acids is 1. The van der Waals surface area contributed by atoms with Crippen LogP contribution in [0.5, 0.6) is 0 Å². The Morgan fingerprint density at radius 3 is 2.05 bits per heavy atom. The van der Waals surface area contributed by atoms with Crippen LogP contribution in [0.25, 0.3) is 6.08 Å². The fourth-order valence-electron chi connectivity index (χ4n) is 4.32. The van der Waals surface area contributed by atoms with E-state index < -0.39 is 5.97 Å². The Kier molecular flexibility index (Phi) is 18.7. The predicted molar refractivity (Wildman–Crippen MR) is 168 cm³/mol. The van der Waals surface area contributed by atoms with Crippen molar-refractivity contribution in [2.45, 2.75) is 97.8 Å². The number of nitrogens with zero attached hydrogens (tertiary/aromatic N) is 2. The van der Waals surface area contributed by atoms with Gasteiger partial charge in [0.25, 0.3) is 0 Å². The molecule has 0 spiro atoms. The molecule has 0 saturated heterocycles. The Bertz CT molecular complexity index is 1020. The Balaban J connectivity index is 2.53. The zero-order valence-corrected chi connectivity index (χ0v) is 24.8. The van der Waals surface area contributed by atoms with Gasteiger partial charge in [-0.25, -0.2) is 4.79 Å². The summed E-state index contributed by atoms with van der Waals surface area (Å²) in [6.45, 7) is 7.31. The van der Waals surface area contributed by atoms with Crippen molar-refractivity contribution in [1.82, 2.24) is 0 Å². The van der Waals surface area contributed by atoms with E-state index in [-0.39, 0.29) is 5.57 Å². The van der Waals surface area contributed by atoms with E-state index in [0.29, 0.717) is 5.57 Å². The molecule has 4 heteroatoms. The van der Waals surface area contributed by atoms with Crippen LogP contribution in [0.1, 0.15) is 103 Å². The first kappa shape index (κ1) is 33.7. The van der Waals surface area contributed by atoms with Crippen LogP contribution in [0.15, 0.2) is 77.4 Å². The molecule has 0 aromatic heterocycles. The van der Waals surface area contributed by atoms with Crippen molar-refractivity contribution in [3.8, 4) is 6.07 Å². The zero-order valence-electron chi connectivity index (χ0n) is 24.8. The number of carboxylic acids is 1. The Morgan fingerprint density at radius 2 is 1.49 bits per heavy atom. The molecule has 1 rings (SSSR count). The third-order valence-electron chi connectivity index (χ3n) is 6.71. The van der Waals surface area contributed by atoms with Gasteiger partial charge in [0.2, 0.25) is 0 Å². The van der Waals surface area contributed by atoms with Gasteiger partial charge in [-0.3, -0.25) is 0 Å². The molecule has 1 N–H and O–H groups in total. The first-order valence-electron chi connectivity index (χ1n) is 14.8. The van der Waals surface area contributed by atoms with Crippen molar-refractivity contribution >= 4 is 17.7 Å². The fraction of sp³-hybridized carbons (Fsp3) is 0.486. The second kappa shape index (κ2) is 21.6. The third kappa shape index (κ3) is 16.3. The number of allylic oxidation sites excluding steroid dienone is 8. The SMILES string of the molecule is CCCCCCCCCCCCN(C)c1ccc(C=CC(=CC=CC=C(C)C=C(C#N)C(=O)O)CCC)cc1. The molecule has 39 heavy (non-hydrogen) atoms. The average molecular weight is 531 g/mol. The monoisotopic (exact) mass is 530 g/mol. The lowest BCUT2D eigenvalue weighted by Gasteiger charge is -2.19. The van der Waals surface area contributed by atoms with Gasteiger partial charge in [-0.05, 0) is 54.7 Å². The van der Waals surface area contributed by atoms with Crippen molar-refractivity contribution in [3.05, 3.63) is 83.0 Å². The van der Waals surface area contributed by atoms with E-state index in [9.17, 15) is 4.79 Å². The molecule has 0 bridgehead atoms. The fourth-order valence-corrected chi connectivity index (χ4v) is 4.32. The molecule has 0 heterocycles. The molecule has 0 radical (unpaired) electrons. The Labute approximate surface area is 238 Å². The molecular weight excluding hydrogens is 480 g/mol. The Hall–Kier alpha value is -3.32. The normalized spacial score (nSPS) is 12.8. The standard InChI is InChI=1S/C35H50N2O2/c1-5-7-8-9-10-11-12-13-14-17-27-37(4)34-25-23-32(24-26-34)22-21-31(18-6-2)20-16-15-19-30(3)28-33(29-36)35(38)39/h15-16,19-26,28H,5-14,17-18,27H2,1-4H3,(H,38,39). The van der Waals surface area contributed by atoms with E-state index >= 15 is 0 Å². The third-order valence-corrected chi connectivity index (χ3v) is 6.71. The highest BCUT2D eigenvalue weighted by Gasteiger charge is 2.04. The quantitative estimate of drug-likeness (QED) is 0.0788. The van der Waals surface area contributed by atoms with Crippen LogP contribution >= 0.6 is 0 Å². The van der Waals surface area contributed by atoms with E-state index in [1.165, 1.54) is 87.1 Å². The highest BCUT2D eigenvalue weighted by molar-refractivity contribution is 5.91. The number of hydrogen-bond donors (Lipinski definition) is 1. The van der Waals surface area contributed by atoms with Crippen molar-refractivity contribution < 1.29 is 9.90 Å². The number of nitriles is 1. The number of benzene rings is 1. The molecule has 212 valence electrons. The van der Waals surface area contributed by atoms with E-state index in [1.807, 2.05) is 12.2 Å². The lowest BCUT2D eigenvalue weighted by Crippen LogP contribution is -2.18. The number of anilines is 1. The summed E-state index contributed by atoms with van der Waals surface area (Å²) >= 11 is 0. The summed E-state index contributed by atoms with van der Waals surface area (Å²) in [6, 6.07) is 10.4. The van der Waals surface area contributed by atoms with Crippen molar-refractivity contribution in [2.75, 3.05) is 18.5 Å². The molecule has 0 unspecified atom stereocenters. The van der Waals surface area contributed by atoms with Crippen molar-refractivity contribution in [3.63, 3.8) is 0 Å². The predicted octanol–water partition coefficient (Wildman–Crippen LogP) is 9.82. The van der Waals surface area contributed by atoms with Crippen LogP contribution in [-0.2, 0) is 4.79 Å². The molecular formula is C35H50N2O2. The summed E-state index contributed by atoms with van der Waals surface area (Å²) in [4.78, 5) is 13.3. The van der Waals surface area contributed by atoms with Gasteiger partial charge in [-0.2, -0.15) is 5.26 Å². The van der Waals surface area contributed by atoms with Crippen LogP contribution in [0, 0.1) is 11.3 Å². The van der Waals surface area contributed by atoms with Crippen LogP contribution in [0.2, 0.25) is 0 Å². The van der Waals surface area contributed by atoms with Gasteiger partial charge < -0.3 is 10.0 Å². The lowest BCUT2D eigenvalue weighted by atomic mass is 10.1. The van der Waals surface area contributed by atoms with Gasteiger partial charge in [0.1, 0.15) is 11.6 Å². The maximum absolute atomic E-state index is 11.0. The van der Waals surface area contributed by atoms with Gasteiger partial charge in [0, 0.05) is 19.3 Å². The number of hydrogen-bond acceptors (Lipinski definition) is 3. The van der Waals surface area contributed by atoms with E-state index in [1.54, 1.807) is 19.1 Å². The largest absolute Gasteiger partial charge is 0.477 e. The first-order valence-corrected chi connectivity index (χ1v) is 14.8. The van der Waals surface area contributed by atoms with E-state index in [0.717, 1.165) is 19.4 Å². The maximum atomic E-state index is 11.0. The topological polar surface area (TPSA) is 64.3 Å². The van der Waals surface area contributed by atoms with Crippen LogP contribution < -0.4 is 4.90 Å². The number of unbranched alkanes of at least 4 members (excludes halogenated alkanes) is 9. The summed E-state index contributed by atoms with van der Waals surface area (Å²) in [7, 11) is 2.18. The molecule has 0 atom stereocenters. The van der Waals surface area contributed by atoms with Crippen LogP contribution in [0.4, 0.5) is 5.69 Å². The summed E-state index contributed by atoms with van der Waals surface area (Å²) in [5.74, 6) is -1.21. The smallest absolute Gasteiger partial charge is 0.346 e. The average Bonchev–Trinajstić information content (AvgIpc) is 2.93. The summed E-state index contributed by atoms with van der Waals surface area (Å²) in [5, 5.41) is 17.8. The summed E-state index contributed by atoms with van der Waals surface area (Å²) in [6.07, 6.45) is 29.0. The van der Waals surface area contributed by atoms with Gasteiger partial charge in [0.05, 0.1) is 0 Å². The lowest BCUT2D eigenvalue weighted by molar-refractivity contribution is -0.132. The zero-order chi connectivity index (χ0) is 28.7. The molecule has 0 amide bonds. The number of carbonyl (C=O) groups is 1. The van der Waals surface area contributed by atoms with Gasteiger partial charge in [-0.1, -0.05) is 127 Å². The molecule has 0 saturated carbocycles. The molecule has 0 fully saturated rings. The maximum Gasteiger partial charge on any atom is 0.346 e. The van der Waals surface area contributed by atoms with Gasteiger partial charge in [0.15, 0.2) is 0 Å².